The van der Waals surface area contributed by atoms with Gasteiger partial charge in [-0.3, -0.25) is 9.69 Å². The number of alkyl halides is 6. The lowest BCUT2D eigenvalue weighted by Crippen LogP contribution is -2.24. The van der Waals surface area contributed by atoms with Crippen LogP contribution in [0.4, 0.5) is 31.1 Å². The minimum absolute atomic E-state index is 0.0427. The van der Waals surface area contributed by atoms with Crippen molar-refractivity contribution in [2.75, 3.05) is 13.1 Å². The zero-order valence-corrected chi connectivity index (χ0v) is 18.9. The van der Waals surface area contributed by atoms with Crippen LogP contribution in [0.15, 0.2) is 34.2 Å². The fourth-order valence-corrected chi connectivity index (χ4v) is 6.03. The molecule has 10 heteroatoms. The monoisotopic (exact) mass is 500 g/mol. The highest BCUT2D eigenvalue weighted by Crippen LogP contribution is 2.45. The lowest BCUT2D eigenvalue weighted by Gasteiger charge is -2.22. The molecule has 3 atom stereocenters. The van der Waals surface area contributed by atoms with E-state index in [0.717, 1.165) is 35.6 Å². The third-order valence-corrected chi connectivity index (χ3v) is 7.46. The maximum Gasteiger partial charge on any atom is 0.416 e. The fraction of sp³-hybridized carbons (Fsp3) is 0.500. The number of carbonyl (C=O) groups excluding carboxylic acids is 1. The lowest BCUT2D eigenvalue weighted by molar-refractivity contribution is -0.143. The number of rotatable bonds is 5. The highest BCUT2D eigenvalue weighted by atomic mass is 32.2. The summed E-state index contributed by atoms with van der Waals surface area (Å²) in [6.07, 6.45) is 0.426. The molecule has 1 amide bonds. The van der Waals surface area contributed by atoms with Gasteiger partial charge in [0, 0.05) is 37.4 Å². The van der Waals surface area contributed by atoms with E-state index >= 15 is 0 Å². The third-order valence-electron chi connectivity index (χ3n) is 6.60. The molecular formula is C24H22F6N2OS. The molecule has 34 heavy (non-hydrogen) atoms. The van der Waals surface area contributed by atoms with Gasteiger partial charge in [0.2, 0.25) is 0 Å². The fourth-order valence-electron chi connectivity index (χ4n) is 5.16. The predicted octanol–water partition coefficient (Wildman–Crippen LogP) is 6.79. The molecule has 2 aliphatic heterocycles. The average molecular weight is 501 g/mol. The third kappa shape index (κ3) is 5.52. The molecule has 1 saturated heterocycles. The number of hydrogen-bond acceptors (Lipinski definition) is 3. The van der Waals surface area contributed by atoms with Crippen molar-refractivity contribution in [3.05, 3.63) is 45.9 Å². The van der Waals surface area contributed by atoms with E-state index in [4.69, 9.17) is 6.42 Å². The van der Waals surface area contributed by atoms with Crippen molar-refractivity contribution in [1.82, 2.24) is 4.90 Å². The smallest absolute Gasteiger partial charge is 0.298 e. The topological polar surface area (TPSA) is 32.7 Å². The number of amides is 1. The van der Waals surface area contributed by atoms with Gasteiger partial charge >= 0.3 is 17.6 Å². The van der Waals surface area contributed by atoms with Crippen LogP contribution in [0.2, 0.25) is 0 Å². The summed E-state index contributed by atoms with van der Waals surface area (Å²) in [6, 6.07) is 1.86. The number of aliphatic imine (C=N–C) groups is 1. The van der Waals surface area contributed by atoms with Crippen LogP contribution in [-0.2, 0) is 18.9 Å². The molecule has 2 heterocycles. The van der Waals surface area contributed by atoms with Crippen molar-refractivity contribution in [1.29, 1.82) is 0 Å². The van der Waals surface area contributed by atoms with Gasteiger partial charge in [-0.05, 0) is 60.1 Å². The number of terminal acetylenes is 1. The Kier molecular flexibility index (Phi) is 6.89. The van der Waals surface area contributed by atoms with Crippen LogP contribution in [0.1, 0.15) is 42.4 Å². The number of fused-ring (bicyclic) bond motifs is 1. The minimum Gasteiger partial charge on any atom is -0.298 e. The Bertz CT molecular complexity index is 1050. The maximum absolute atomic E-state index is 13.5. The van der Waals surface area contributed by atoms with Gasteiger partial charge in [0.1, 0.15) is 0 Å². The largest absolute Gasteiger partial charge is 0.416 e. The van der Waals surface area contributed by atoms with Gasteiger partial charge in [-0.1, -0.05) is 12.1 Å². The standard InChI is InChI=1S/C24H22F6N2OS/c1-2-3-4-20-21(34-22(33)31-20)9-14-7-16-12-32(13-17(16)8-14)11-15-5-6-18(23(25,26)27)10-19(15)24(28,29)30/h1,5-6,9-10,14,16-17H,3-4,7-8,11-13H2/b21-9-/t14?,16-,17+. The number of allylic oxidation sites excluding steroid dienone is 2. The second-order valence-corrected chi connectivity index (χ2v) is 9.97. The van der Waals surface area contributed by atoms with Crippen LogP contribution >= 0.6 is 11.8 Å². The Balaban J connectivity index is 1.41. The molecule has 0 bridgehead atoms. The Hall–Kier alpha value is -2.25. The average Bonchev–Trinajstić information content (AvgIpc) is 3.38. The molecule has 3 aliphatic rings. The van der Waals surface area contributed by atoms with E-state index in [9.17, 15) is 31.1 Å². The summed E-state index contributed by atoms with van der Waals surface area (Å²) in [5.41, 5.74) is -1.96. The van der Waals surface area contributed by atoms with Gasteiger partial charge in [0.25, 0.3) is 0 Å². The van der Waals surface area contributed by atoms with Crippen LogP contribution in [0.5, 0.6) is 0 Å². The first-order chi connectivity index (χ1) is 15.9. The van der Waals surface area contributed by atoms with Gasteiger partial charge < -0.3 is 0 Å². The van der Waals surface area contributed by atoms with E-state index in [1.807, 2.05) is 4.90 Å². The molecule has 1 unspecified atom stereocenters. The molecular weight excluding hydrogens is 478 g/mol. The Morgan fingerprint density at radius 3 is 2.38 bits per heavy atom. The first-order valence-corrected chi connectivity index (χ1v) is 11.7. The van der Waals surface area contributed by atoms with E-state index in [2.05, 4.69) is 17.0 Å². The molecule has 0 N–H and O–H groups in total. The number of hydrogen-bond donors (Lipinski definition) is 0. The summed E-state index contributed by atoms with van der Waals surface area (Å²) in [5.74, 6) is 3.37. The first kappa shape index (κ1) is 24.9. The van der Waals surface area contributed by atoms with Crippen molar-refractivity contribution in [2.24, 2.45) is 22.7 Å². The summed E-state index contributed by atoms with van der Waals surface area (Å²) >= 11 is 1.10. The number of likely N-dealkylation sites (tertiary alicyclic amines) is 1. The molecule has 1 aliphatic carbocycles. The lowest BCUT2D eigenvalue weighted by atomic mass is 10.0. The van der Waals surface area contributed by atoms with E-state index in [0.29, 0.717) is 49.5 Å². The van der Waals surface area contributed by atoms with E-state index in [1.54, 1.807) is 0 Å². The van der Waals surface area contributed by atoms with Crippen LogP contribution in [-0.4, -0.2) is 28.9 Å². The summed E-state index contributed by atoms with van der Waals surface area (Å²) in [6.45, 7) is 1.14. The Labute approximate surface area is 197 Å². The van der Waals surface area contributed by atoms with E-state index in [-0.39, 0.29) is 29.3 Å². The number of carbonyl (C=O) groups is 1. The van der Waals surface area contributed by atoms with Gasteiger partial charge in [-0.25, -0.2) is 4.99 Å². The second kappa shape index (κ2) is 9.42. The zero-order chi connectivity index (χ0) is 24.7. The van der Waals surface area contributed by atoms with Crippen molar-refractivity contribution in [2.45, 2.75) is 44.6 Å². The highest BCUT2D eigenvalue weighted by molar-refractivity contribution is 8.18. The van der Waals surface area contributed by atoms with Gasteiger partial charge in [0.05, 0.1) is 16.8 Å². The molecule has 4 rings (SSSR count). The van der Waals surface area contributed by atoms with Crippen LogP contribution in [0.3, 0.4) is 0 Å². The molecule has 0 spiro atoms. The minimum atomic E-state index is -4.86. The quantitative estimate of drug-likeness (QED) is 0.330. The van der Waals surface area contributed by atoms with E-state index < -0.39 is 23.5 Å². The first-order valence-electron chi connectivity index (χ1n) is 10.9. The molecule has 3 nitrogen and oxygen atoms in total. The van der Waals surface area contributed by atoms with Crippen molar-refractivity contribution in [3.8, 4) is 12.3 Å². The summed E-state index contributed by atoms with van der Waals surface area (Å²) in [7, 11) is 0. The number of halogens is 6. The van der Waals surface area contributed by atoms with E-state index in [1.165, 1.54) is 0 Å². The number of thioether (sulfide) groups is 1. The molecule has 0 aromatic heterocycles. The van der Waals surface area contributed by atoms with Crippen molar-refractivity contribution < 1.29 is 31.1 Å². The Morgan fingerprint density at radius 2 is 1.79 bits per heavy atom. The zero-order valence-electron chi connectivity index (χ0n) is 18.0. The molecule has 0 radical (unpaired) electrons. The number of benzene rings is 1. The molecule has 2 fully saturated rings. The summed E-state index contributed by atoms with van der Waals surface area (Å²) in [5, 5.41) is -0.250. The van der Waals surface area contributed by atoms with Crippen LogP contribution < -0.4 is 0 Å². The molecule has 1 aromatic rings. The highest BCUT2D eigenvalue weighted by Gasteiger charge is 2.42. The van der Waals surface area contributed by atoms with Crippen LogP contribution in [0, 0.1) is 30.1 Å². The molecule has 1 saturated carbocycles. The van der Waals surface area contributed by atoms with Crippen molar-refractivity contribution in [3.63, 3.8) is 0 Å². The van der Waals surface area contributed by atoms with Crippen LogP contribution in [0.25, 0.3) is 0 Å². The van der Waals surface area contributed by atoms with Gasteiger partial charge in [0.15, 0.2) is 0 Å². The van der Waals surface area contributed by atoms with Crippen molar-refractivity contribution >= 4 is 22.7 Å². The second-order valence-electron chi connectivity index (χ2n) is 8.97. The predicted molar refractivity (Wildman–Crippen MR) is 118 cm³/mol. The normalized spacial score (nSPS) is 26.7. The SMILES string of the molecule is C#CCCC1=NC(=O)S/C1=C\C1C[C@@H]2CN(Cc3ccc(C(F)(F)F)cc3C(F)(F)F)C[C@@H]2C1. The summed E-state index contributed by atoms with van der Waals surface area (Å²) in [4.78, 5) is 18.5. The molecule has 1 aromatic carbocycles. The molecule has 182 valence electrons. The maximum atomic E-state index is 13.5. The van der Waals surface area contributed by atoms with Gasteiger partial charge in [-0.15, -0.1) is 12.3 Å². The number of nitrogens with zero attached hydrogens (tertiary/aromatic N) is 2. The Morgan fingerprint density at radius 1 is 1.12 bits per heavy atom. The van der Waals surface area contributed by atoms with Gasteiger partial charge in [-0.2, -0.15) is 26.3 Å². The summed E-state index contributed by atoms with van der Waals surface area (Å²) < 4.78 is 79.1.